The van der Waals surface area contributed by atoms with Gasteiger partial charge in [0.05, 0.1) is 0 Å². The van der Waals surface area contributed by atoms with Crippen molar-refractivity contribution in [2.75, 3.05) is 0 Å². The van der Waals surface area contributed by atoms with Crippen LogP contribution in [0.1, 0.15) is 19.8 Å². The molecule has 0 fully saturated rings. The van der Waals surface area contributed by atoms with E-state index in [2.05, 4.69) is 0 Å². The minimum absolute atomic E-state index is 0.0315. The van der Waals surface area contributed by atoms with Crippen molar-refractivity contribution < 1.29 is 17.9 Å². The minimum Gasteiger partial charge on any atom is -0.425 e. The molecule has 0 spiro atoms. The Balaban J connectivity index is 3.01. The van der Waals surface area contributed by atoms with Crippen molar-refractivity contribution in [2.24, 2.45) is 0 Å². The summed E-state index contributed by atoms with van der Waals surface area (Å²) in [4.78, 5) is 11.0. The first-order valence-corrected chi connectivity index (χ1v) is 7.00. The summed E-state index contributed by atoms with van der Waals surface area (Å²) in [5, 5.41) is 0. The third-order valence-corrected chi connectivity index (χ3v) is 3.15. The van der Waals surface area contributed by atoms with Crippen molar-refractivity contribution in [3.8, 4) is 5.75 Å². The van der Waals surface area contributed by atoms with Crippen LogP contribution in [0.15, 0.2) is 29.2 Å². The first kappa shape index (κ1) is 13.0. The molecule has 0 atom stereocenters. The van der Waals surface area contributed by atoms with Gasteiger partial charge in [-0.25, -0.2) is 8.42 Å². The highest BCUT2D eigenvalue weighted by Crippen LogP contribution is 2.26. The second-order valence-electron chi connectivity index (χ2n) is 3.11. The van der Waals surface area contributed by atoms with Gasteiger partial charge in [0.1, 0.15) is 4.90 Å². The zero-order valence-corrected chi connectivity index (χ0v) is 10.2. The third kappa shape index (κ3) is 3.50. The summed E-state index contributed by atoms with van der Waals surface area (Å²) in [6.45, 7) is 1.82. The molecule has 0 aliphatic carbocycles. The fourth-order valence-electron chi connectivity index (χ4n) is 1.11. The summed E-state index contributed by atoms with van der Waals surface area (Å²) in [7, 11) is 1.31. The van der Waals surface area contributed by atoms with Gasteiger partial charge < -0.3 is 4.74 Å². The molecule has 1 aromatic carbocycles. The van der Waals surface area contributed by atoms with Crippen molar-refractivity contribution in [3.63, 3.8) is 0 Å². The summed E-state index contributed by atoms with van der Waals surface area (Å²) in [6, 6.07) is 5.76. The number of benzene rings is 1. The van der Waals surface area contributed by atoms with E-state index in [-0.39, 0.29) is 17.1 Å². The molecule has 0 saturated heterocycles. The fraction of sp³-hybridized carbons (Fsp3) is 0.300. The molecule has 0 aliphatic rings. The number of hydrogen-bond acceptors (Lipinski definition) is 4. The molecule has 4 nitrogen and oxygen atoms in total. The van der Waals surface area contributed by atoms with Gasteiger partial charge in [-0.3, -0.25) is 4.79 Å². The Bertz CT molecular complexity index is 481. The molecule has 1 aromatic rings. The quantitative estimate of drug-likeness (QED) is 0.475. The molecular formula is C10H11ClO4S. The van der Waals surface area contributed by atoms with Crippen LogP contribution in [-0.4, -0.2) is 14.4 Å². The van der Waals surface area contributed by atoms with E-state index in [1.54, 1.807) is 6.07 Å². The van der Waals surface area contributed by atoms with E-state index in [9.17, 15) is 13.2 Å². The first-order valence-electron chi connectivity index (χ1n) is 4.69. The normalized spacial score (nSPS) is 11.1. The zero-order valence-electron chi connectivity index (χ0n) is 8.64. The predicted molar refractivity (Wildman–Crippen MR) is 60.0 cm³/mol. The number of carbonyl (C=O) groups is 1. The topological polar surface area (TPSA) is 60.4 Å². The van der Waals surface area contributed by atoms with Crippen LogP contribution in [-0.2, 0) is 13.8 Å². The number of ether oxygens (including phenoxy) is 1. The van der Waals surface area contributed by atoms with Crippen LogP contribution < -0.4 is 4.74 Å². The standard InChI is InChI=1S/C10H11ClO4S/c1-2-5-10(12)15-8-6-3-4-7-9(8)16(11,13)14/h3-4,6-7H,2,5H2,1H3. The number of rotatable bonds is 4. The smallest absolute Gasteiger partial charge is 0.311 e. The molecule has 88 valence electrons. The fourth-order valence-corrected chi connectivity index (χ4v) is 2.09. The monoisotopic (exact) mass is 262 g/mol. The van der Waals surface area contributed by atoms with Gasteiger partial charge in [0.15, 0.2) is 5.75 Å². The number of esters is 1. The average molecular weight is 263 g/mol. The Hall–Kier alpha value is -1.07. The highest BCUT2D eigenvalue weighted by Gasteiger charge is 2.17. The Labute approximate surface area is 98.6 Å². The Morgan fingerprint density at radius 3 is 2.56 bits per heavy atom. The SMILES string of the molecule is CCCC(=O)Oc1ccccc1S(=O)(=O)Cl. The Kier molecular flexibility index (Phi) is 4.32. The largest absolute Gasteiger partial charge is 0.425 e. The lowest BCUT2D eigenvalue weighted by molar-refractivity contribution is -0.134. The highest BCUT2D eigenvalue weighted by molar-refractivity contribution is 8.13. The molecular weight excluding hydrogens is 252 g/mol. The van der Waals surface area contributed by atoms with Crippen LogP contribution in [0.5, 0.6) is 5.75 Å². The lowest BCUT2D eigenvalue weighted by atomic mass is 10.3. The molecule has 0 saturated carbocycles. The van der Waals surface area contributed by atoms with Crippen LogP contribution in [0.2, 0.25) is 0 Å². The summed E-state index contributed by atoms with van der Waals surface area (Å²) in [5.41, 5.74) is 0. The lowest BCUT2D eigenvalue weighted by Gasteiger charge is -2.06. The lowest BCUT2D eigenvalue weighted by Crippen LogP contribution is -2.09. The van der Waals surface area contributed by atoms with Crippen LogP contribution in [0.25, 0.3) is 0 Å². The van der Waals surface area contributed by atoms with E-state index in [1.165, 1.54) is 18.2 Å². The van der Waals surface area contributed by atoms with Crippen molar-refractivity contribution in [1.82, 2.24) is 0 Å². The van der Waals surface area contributed by atoms with Crippen LogP contribution in [0.3, 0.4) is 0 Å². The van der Waals surface area contributed by atoms with Crippen molar-refractivity contribution in [3.05, 3.63) is 24.3 Å². The molecule has 1 rings (SSSR count). The Morgan fingerprint density at radius 1 is 1.38 bits per heavy atom. The zero-order chi connectivity index (χ0) is 12.2. The number of para-hydroxylation sites is 1. The molecule has 0 bridgehead atoms. The molecule has 6 heteroatoms. The average Bonchev–Trinajstić information content (AvgIpc) is 2.17. The van der Waals surface area contributed by atoms with Crippen LogP contribution >= 0.6 is 10.7 Å². The summed E-state index contributed by atoms with van der Waals surface area (Å²) >= 11 is 0. The van der Waals surface area contributed by atoms with E-state index in [4.69, 9.17) is 15.4 Å². The predicted octanol–water partition coefficient (Wildman–Crippen LogP) is 2.32. The van der Waals surface area contributed by atoms with Gasteiger partial charge in [0.2, 0.25) is 0 Å². The maximum atomic E-state index is 11.2. The van der Waals surface area contributed by atoms with Crippen LogP contribution in [0.4, 0.5) is 0 Å². The molecule has 0 heterocycles. The molecule has 0 radical (unpaired) electrons. The summed E-state index contributed by atoms with van der Waals surface area (Å²) in [6.07, 6.45) is 0.866. The van der Waals surface area contributed by atoms with Gasteiger partial charge >= 0.3 is 5.97 Å². The van der Waals surface area contributed by atoms with Gasteiger partial charge in [-0.05, 0) is 18.6 Å². The third-order valence-electron chi connectivity index (χ3n) is 1.79. The maximum Gasteiger partial charge on any atom is 0.311 e. The van der Waals surface area contributed by atoms with E-state index in [1.807, 2.05) is 6.92 Å². The molecule has 0 N–H and O–H groups in total. The Morgan fingerprint density at radius 2 is 2.00 bits per heavy atom. The molecule has 0 amide bonds. The van der Waals surface area contributed by atoms with Gasteiger partial charge in [-0.1, -0.05) is 19.1 Å². The van der Waals surface area contributed by atoms with E-state index in [0.29, 0.717) is 6.42 Å². The highest BCUT2D eigenvalue weighted by atomic mass is 35.7. The second kappa shape index (κ2) is 5.32. The van der Waals surface area contributed by atoms with E-state index in [0.717, 1.165) is 0 Å². The number of hydrogen-bond donors (Lipinski definition) is 0. The van der Waals surface area contributed by atoms with Gasteiger partial charge in [-0.15, -0.1) is 0 Å². The van der Waals surface area contributed by atoms with Gasteiger partial charge in [0, 0.05) is 17.1 Å². The summed E-state index contributed by atoms with van der Waals surface area (Å²) < 4.78 is 27.2. The molecule has 16 heavy (non-hydrogen) atoms. The van der Waals surface area contributed by atoms with Crippen molar-refractivity contribution in [1.29, 1.82) is 0 Å². The van der Waals surface area contributed by atoms with E-state index < -0.39 is 15.0 Å². The first-order chi connectivity index (χ1) is 7.45. The molecule has 0 unspecified atom stereocenters. The van der Waals surface area contributed by atoms with Crippen LogP contribution in [0, 0.1) is 0 Å². The maximum absolute atomic E-state index is 11.2. The van der Waals surface area contributed by atoms with Crippen molar-refractivity contribution >= 4 is 25.7 Å². The molecule has 0 aromatic heterocycles. The van der Waals surface area contributed by atoms with Gasteiger partial charge in [0.25, 0.3) is 9.05 Å². The minimum atomic E-state index is -3.90. The number of halogens is 1. The van der Waals surface area contributed by atoms with Crippen molar-refractivity contribution in [2.45, 2.75) is 24.7 Å². The number of carbonyl (C=O) groups excluding carboxylic acids is 1. The second-order valence-corrected chi connectivity index (χ2v) is 5.64. The summed E-state index contributed by atoms with van der Waals surface area (Å²) in [5.74, 6) is -0.508. The molecule has 0 aliphatic heterocycles. The van der Waals surface area contributed by atoms with Gasteiger partial charge in [-0.2, -0.15) is 0 Å². The van der Waals surface area contributed by atoms with E-state index >= 15 is 0 Å².